The predicted molar refractivity (Wildman–Crippen MR) is 146 cm³/mol. The monoisotopic (exact) mass is 586 g/mol. The number of amides is 3. The number of likely N-dealkylation sites (N-methyl/N-ethyl adjacent to an activating group) is 1. The topological polar surface area (TPSA) is 93.9 Å². The minimum Gasteiger partial charge on any atom is -0.410 e. The average Bonchev–Trinajstić information content (AvgIpc) is 3.65. The summed E-state index contributed by atoms with van der Waals surface area (Å²) >= 11 is 12.4. The molecule has 2 aromatic rings. The number of hydrogen-bond acceptors (Lipinski definition) is 5. The van der Waals surface area contributed by atoms with Crippen molar-refractivity contribution in [3.8, 4) is 11.8 Å². The third-order valence-corrected chi connectivity index (χ3v) is 9.02. The van der Waals surface area contributed by atoms with Gasteiger partial charge in [-0.2, -0.15) is 5.26 Å². The molecule has 210 valence electrons. The molecule has 0 spiro atoms. The summed E-state index contributed by atoms with van der Waals surface area (Å²) in [5, 5.41) is 10.2. The van der Waals surface area contributed by atoms with E-state index in [-0.39, 0.29) is 35.9 Å². The molecule has 0 unspecified atom stereocenters. The molecule has 3 fully saturated rings. The number of likely N-dealkylation sites (tertiary alicyclic amines) is 2. The Hall–Kier alpha value is -3.35. The number of carbonyl (C=O) groups excluding carboxylic acids is 3. The molecule has 0 bridgehead atoms. The van der Waals surface area contributed by atoms with Crippen molar-refractivity contribution in [1.29, 1.82) is 5.26 Å². The number of ether oxygens (including phenoxy) is 1. The van der Waals surface area contributed by atoms with E-state index in [0.717, 1.165) is 5.56 Å². The van der Waals surface area contributed by atoms with Crippen LogP contribution in [0.1, 0.15) is 37.2 Å². The SMILES string of the molecule is CN(C(=O)Oc1ccc(F)cc1)[C@@H]1CN(C(=O)C2CCN(C(=O)C3(C#N)CC3)CC2)C[C@H]1c1ccc(Cl)c(Cl)c1. The highest BCUT2D eigenvalue weighted by atomic mass is 35.5. The van der Waals surface area contributed by atoms with Gasteiger partial charge in [0.25, 0.3) is 0 Å². The summed E-state index contributed by atoms with van der Waals surface area (Å²) in [7, 11) is 1.61. The number of halogens is 3. The van der Waals surface area contributed by atoms with Crippen LogP contribution in [0, 0.1) is 28.5 Å². The molecule has 3 aliphatic rings. The molecular formula is C29H29Cl2FN4O4. The van der Waals surface area contributed by atoms with Crippen LogP contribution in [0.3, 0.4) is 0 Å². The number of rotatable bonds is 5. The Kier molecular flexibility index (Phi) is 7.94. The third kappa shape index (κ3) is 5.61. The first-order chi connectivity index (χ1) is 19.1. The van der Waals surface area contributed by atoms with Crippen molar-refractivity contribution >= 4 is 41.1 Å². The lowest BCUT2D eigenvalue weighted by Gasteiger charge is -2.34. The number of benzene rings is 2. The summed E-state index contributed by atoms with van der Waals surface area (Å²) in [6.07, 6.45) is 1.61. The Morgan fingerprint density at radius 1 is 1.02 bits per heavy atom. The molecule has 5 rings (SSSR count). The van der Waals surface area contributed by atoms with Crippen molar-refractivity contribution in [2.45, 2.75) is 37.6 Å². The van der Waals surface area contributed by atoms with Crippen LogP contribution >= 0.6 is 23.2 Å². The van der Waals surface area contributed by atoms with E-state index >= 15 is 0 Å². The molecule has 2 atom stereocenters. The van der Waals surface area contributed by atoms with Crippen molar-refractivity contribution in [3.63, 3.8) is 0 Å². The van der Waals surface area contributed by atoms with E-state index < -0.39 is 23.4 Å². The van der Waals surface area contributed by atoms with Crippen LogP contribution in [0.5, 0.6) is 5.75 Å². The van der Waals surface area contributed by atoms with E-state index in [1.807, 2.05) is 6.07 Å². The summed E-state index contributed by atoms with van der Waals surface area (Å²) in [4.78, 5) is 44.4. The van der Waals surface area contributed by atoms with Crippen molar-refractivity contribution in [2.24, 2.45) is 11.3 Å². The minimum atomic E-state index is -0.862. The van der Waals surface area contributed by atoms with E-state index in [9.17, 15) is 24.0 Å². The van der Waals surface area contributed by atoms with Gasteiger partial charge in [0, 0.05) is 45.1 Å². The maximum absolute atomic E-state index is 13.7. The zero-order valence-corrected chi connectivity index (χ0v) is 23.5. The van der Waals surface area contributed by atoms with Gasteiger partial charge in [-0.15, -0.1) is 0 Å². The van der Waals surface area contributed by atoms with Crippen LogP contribution in [0.15, 0.2) is 42.5 Å². The number of nitriles is 1. The highest BCUT2D eigenvalue weighted by Gasteiger charge is 2.53. The average molecular weight is 587 g/mol. The highest BCUT2D eigenvalue weighted by molar-refractivity contribution is 6.42. The van der Waals surface area contributed by atoms with Gasteiger partial charge in [-0.3, -0.25) is 9.59 Å². The summed E-state index contributed by atoms with van der Waals surface area (Å²) in [6, 6.07) is 12.2. The van der Waals surface area contributed by atoms with Crippen LogP contribution in [-0.4, -0.2) is 71.9 Å². The molecule has 2 aromatic carbocycles. The summed E-state index contributed by atoms with van der Waals surface area (Å²) in [5.74, 6) is -0.891. The fraction of sp³-hybridized carbons (Fsp3) is 0.448. The van der Waals surface area contributed by atoms with E-state index in [4.69, 9.17) is 27.9 Å². The summed E-state index contributed by atoms with van der Waals surface area (Å²) in [6.45, 7) is 1.54. The molecule has 3 amide bonds. The second kappa shape index (κ2) is 11.3. The summed E-state index contributed by atoms with van der Waals surface area (Å²) in [5.41, 5.74) is -0.0260. The van der Waals surface area contributed by atoms with E-state index in [1.54, 1.807) is 29.0 Å². The van der Waals surface area contributed by atoms with Gasteiger partial charge in [-0.25, -0.2) is 9.18 Å². The first-order valence-corrected chi connectivity index (χ1v) is 14.0. The van der Waals surface area contributed by atoms with E-state index in [2.05, 4.69) is 6.07 Å². The molecule has 1 aliphatic carbocycles. The van der Waals surface area contributed by atoms with Crippen LogP contribution in [0.2, 0.25) is 10.0 Å². The molecule has 8 nitrogen and oxygen atoms in total. The second-order valence-electron chi connectivity index (χ2n) is 10.8. The molecule has 1 saturated carbocycles. The van der Waals surface area contributed by atoms with Gasteiger partial charge in [0.15, 0.2) is 0 Å². The van der Waals surface area contributed by atoms with Gasteiger partial charge in [0.2, 0.25) is 11.8 Å². The van der Waals surface area contributed by atoms with Crippen molar-refractivity contribution < 1.29 is 23.5 Å². The lowest BCUT2D eigenvalue weighted by Crippen LogP contribution is -2.47. The zero-order valence-electron chi connectivity index (χ0n) is 22.0. The quantitative estimate of drug-likeness (QED) is 0.486. The lowest BCUT2D eigenvalue weighted by molar-refractivity contribution is -0.141. The zero-order chi connectivity index (χ0) is 28.6. The Morgan fingerprint density at radius 3 is 2.30 bits per heavy atom. The second-order valence-corrected chi connectivity index (χ2v) is 11.6. The van der Waals surface area contributed by atoms with E-state index in [0.29, 0.717) is 55.4 Å². The van der Waals surface area contributed by atoms with Gasteiger partial charge >= 0.3 is 6.09 Å². The van der Waals surface area contributed by atoms with Crippen LogP contribution < -0.4 is 4.74 Å². The molecule has 0 N–H and O–H groups in total. The first kappa shape index (κ1) is 28.2. The van der Waals surface area contributed by atoms with Crippen molar-refractivity contribution in [3.05, 3.63) is 63.9 Å². The fourth-order valence-corrected chi connectivity index (χ4v) is 5.94. The lowest BCUT2D eigenvalue weighted by atomic mass is 9.93. The Labute approximate surface area is 242 Å². The molecule has 2 heterocycles. The third-order valence-electron chi connectivity index (χ3n) is 8.28. The van der Waals surface area contributed by atoms with Crippen molar-refractivity contribution in [2.75, 3.05) is 33.2 Å². The Balaban J connectivity index is 1.29. The maximum atomic E-state index is 13.7. The van der Waals surface area contributed by atoms with Crippen LogP contribution in [-0.2, 0) is 9.59 Å². The molecule has 11 heteroatoms. The predicted octanol–water partition coefficient (Wildman–Crippen LogP) is 5.10. The molecule has 2 aliphatic heterocycles. The molecule has 2 saturated heterocycles. The first-order valence-electron chi connectivity index (χ1n) is 13.3. The smallest absolute Gasteiger partial charge is 0.410 e. The fourth-order valence-electron chi connectivity index (χ4n) is 5.63. The van der Waals surface area contributed by atoms with Crippen molar-refractivity contribution in [1.82, 2.24) is 14.7 Å². The number of nitrogens with zero attached hydrogens (tertiary/aromatic N) is 4. The molecule has 40 heavy (non-hydrogen) atoms. The molecule has 0 radical (unpaired) electrons. The van der Waals surface area contributed by atoms with Gasteiger partial charge in [-0.1, -0.05) is 29.3 Å². The van der Waals surface area contributed by atoms with E-state index in [1.165, 1.54) is 29.2 Å². The molecule has 0 aromatic heterocycles. The largest absolute Gasteiger partial charge is 0.415 e. The van der Waals surface area contributed by atoms with Crippen LogP contribution in [0.4, 0.5) is 9.18 Å². The Bertz CT molecular complexity index is 1350. The van der Waals surface area contributed by atoms with Gasteiger partial charge in [0.1, 0.15) is 17.0 Å². The highest BCUT2D eigenvalue weighted by Crippen LogP contribution is 2.47. The van der Waals surface area contributed by atoms with Gasteiger partial charge < -0.3 is 19.4 Å². The number of hydrogen-bond donors (Lipinski definition) is 0. The van der Waals surface area contributed by atoms with Gasteiger partial charge in [-0.05, 0) is 67.6 Å². The maximum Gasteiger partial charge on any atom is 0.415 e. The Morgan fingerprint density at radius 2 is 1.70 bits per heavy atom. The molecular weight excluding hydrogens is 558 g/mol. The minimum absolute atomic E-state index is 0.0265. The summed E-state index contributed by atoms with van der Waals surface area (Å²) < 4.78 is 18.8. The number of carbonyl (C=O) groups is 3. The van der Waals surface area contributed by atoms with Crippen LogP contribution in [0.25, 0.3) is 0 Å². The standard InChI is InChI=1S/C29H29Cl2FN4O4/c1-34(28(39)40-21-5-3-20(32)4-6-21)25-16-36(15-22(25)19-2-7-23(30)24(31)14-19)26(37)18-8-12-35(13-9-18)27(38)29(17-33)10-11-29/h2-7,14,18,22,25H,8-13,15-16H2,1H3/t22-,25+/m0/s1. The van der Waals surface area contributed by atoms with Gasteiger partial charge in [0.05, 0.1) is 22.2 Å². The normalized spacial score (nSPS) is 22.0. The number of piperidine rings is 1.